The number of nitrogen functional groups attached to an aromatic ring is 1. The average Bonchev–Trinajstić information content (AvgIpc) is 2.25. The predicted octanol–water partition coefficient (Wildman–Crippen LogP) is 3.82. The Hall–Kier alpha value is -1.30. The first kappa shape index (κ1) is 12.2. The molecule has 0 spiro atoms. The van der Waals surface area contributed by atoms with E-state index < -0.39 is 0 Å². The zero-order chi connectivity index (χ0) is 12.4. The van der Waals surface area contributed by atoms with Crippen LogP contribution in [0.2, 0.25) is 10.0 Å². The maximum Gasteiger partial charge on any atom is 0.198 e. The maximum atomic E-state index is 5.96. The Bertz CT molecular complexity index is 615. The maximum absolute atomic E-state index is 5.96. The Morgan fingerprint density at radius 2 is 2.06 bits per heavy atom. The monoisotopic (exact) mass is 287 g/mol. The zero-order valence-corrected chi connectivity index (χ0v) is 10.7. The van der Waals surface area contributed by atoms with Crippen molar-refractivity contribution >= 4 is 41.2 Å². The molecule has 88 valence electrons. The highest BCUT2D eigenvalue weighted by molar-refractivity contribution is 7.71. The average molecular weight is 288 g/mol. The van der Waals surface area contributed by atoms with Crippen molar-refractivity contribution in [2.75, 3.05) is 5.73 Å². The van der Waals surface area contributed by atoms with Gasteiger partial charge in [-0.3, -0.25) is 0 Å². The van der Waals surface area contributed by atoms with Crippen molar-refractivity contribution in [3.8, 4) is 11.5 Å². The number of hydrogen-bond donors (Lipinski definition) is 2. The van der Waals surface area contributed by atoms with Gasteiger partial charge in [-0.2, -0.15) is 0 Å². The first-order valence-electron chi connectivity index (χ1n) is 4.54. The summed E-state index contributed by atoms with van der Waals surface area (Å²) in [4.78, 5) is 6.55. The molecule has 0 bridgehead atoms. The van der Waals surface area contributed by atoms with E-state index in [0.717, 1.165) is 0 Å². The van der Waals surface area contributed by atoms with Crippen LogP contribution in [-0.2, 0) is 0 Å². The second-order valence-corrected chi connectivity index (χ2v) is 4.37. The van der Waals surface area contributed by atoms with E-state index in [1.807, 2.05) is 0 Å². The van der Waals surface area contributed by atoms with Crippen molar-refractivity contribution in [2.24, 2.45) is 0 Å². The first-order chi connectivity index (χ1) is 8.06. The van der Waals surface area contributed by atoms with Crippen LogP contribution in [-0.4, -0.2) is 9.97 Å². The van der Waals surface area contributed by atoms with Gasteiger partial charge in [0.05, 0.1) is 11.2 Å². The fraction of sp³-hybridized carbons (Fsp3) is 0. The van der Waals surface area contributed by atoms with Gasteiger partial charge in [0.25, 0.3) is 0 Å². The van der Waals surface area contributed by atoms with Gasteiger partial charge in [-0.1, -0.05) is 23.2 Å². The summed E-state index contributed by atoms with van der Waals surface area (Å²) in [6, 6.07) is 4.89. The molecule has 2 rings (SSSR count). The minimum Gasteiger partial charge on any atom is -0.450 e. The molecule has 0 radical (unpaired) electrons. The number of aromatic nitrogens is 2. The molecule has 0 fully saturated rings. The molecule has 1 aromatic carbocycles. The minimum atomic E-state index is 0.288. The Kier molecular flexibility index (Phi) is 3.51. The lowest BCUT2D eigenvalue weighted by molar-refractivity contribution is 0.480. The molecule has 0 amide bonds. The van der Waals surface area contributed by atoms with E-state index >= 15 is 0 Å². The minimum absolute atomic E-state index is 0.288. The van der Waals surface area contributed by atoms with Gasteiger partial charge >= 0.3 is 0 Å². The summed E-state index contributed by atoms with van der Waals surface area (Å²) >= 11 is 16.6. The predicted molar refractivity (Wildman–Crippen MR) is 70.4 cm³/mol. The molecule has 0 aliphatic heterocycles. The molecule has 7 heteroatoms. The standard InChI is InChI=1S/C10H7Cl2N3OS/c11-5-1-2-7(6(12)3-5)16-8-4-14-10(17)15-9(8)13/h1-4H,(H3,13,14,15,17). The van der Waals surface area contributed by atoms with Gasteiger partial charge in [0.2, 0.25) is 0 Å². The smallest absolute Gasteiger partial charge is 0.198 e. The molecule has 0 saturated heterocycles. The Balaban J connectivity index is 2.34. The largest absolute Gasteiger partial charge is 0.450 e. The quantitative estimate of drug-likeness (QED) is 0.824. The van der Waals surface area contributed by atoms with Crippen molar-refractivity contribution in [1.29, 1.82) is 0 Å². The number of ether oxygens (including phenoxy) is 1. The summed E-state index contributed by atoms with van der Waals surface area (Å²) in [6.45, 7) is 0. The molecule has 0 aliphatic rings. The molecule has 3 N–H and O–H groups in total. The number of nitrogens with two attached hydrogens (primary N) is 1. The molecule has 0 aliphatic carbocycles. The van der Waals surface area contributed by atoms with Gasteiger partial charge in [-0.05, 0) is 30.4 Å². The lowest BCUT2D eigenvalue weighted by Gasteiger charge is -2.08. The van der Waals surface area contributed by atoms with E-state index in [1.165, 1.54) is 6.20 Å². The molecule has 0 unspecified atom stereocenters. The van der Waals surface area contributed by atoms with E-state index in [1.54, 1.807) is 18.2 Å². The van der Waals surface area contributed by atoms with Gasteiger partial charge in [-0.15, -0.1) is 0 Å². The Morgan fingerprint density at radius 3 is 2.71 bits per heavy atom. The number of benzene rings is 1. The topological polar surface area (TPSA) is 63.9 Å². The third-order valence-electron chi connectivity index (χ3n) is 1.92. The first-order valence-corrected chi connectivity index (χ1v) is 5.70. The summed E-state index contributed by atoms with van der Waals surface area (Å²) in [5, 5.41) is 0.917. The molecular formula is C10H7Cl2N3OS. The second kappa shape index (κ2) is 4.91. The van der Waals surface area contributed by atoms with Crippen LogP contribution in [0.5, 0.6) is 11.5 Å². The SMILES string of the molecule is Nc1[nH]c(=S)ncc1Oc1ccc(Cl)cc1Cl. The zero-order valence-electron chi connectivity index (χ0n) is 8.41. The molecule has 1 aromatic heterocycles. The normalized spacial score (nSPS) is 10.2. The van der Waals surface area contributed by atoms with Gasteiger partial charge < -0.3 is 15.5 Å². The molecule has 0 atom stereocenters. The fourth-order valence-electron chi connectivity index (χ4n) is 1.15. The van der Waals surface area contributed by atoms with Gasteiger partial charge in [-0.25, -0.2) is 4.98 Å². The highest BCUT2D eigenvalue weighted by Crippen LogP contribution is 2.32. The van der Waals surface area contributed by atoms with Crippen LogP contribution in [0, 0.1) is 4.77 Å². The third kappa shape index (κ3) is 2.88. The van der Waals surface area contributed by atoms with Crippen molar-refractivity contribution in [2.45, 2.75) is 0 Å². The van der Waals surface area contributed by atoms with E-state index in [0.29, 0.717) is 21.5 Å². The van der Waals surface area contributed by atoms with Crippen molar-refractivity contribution in [1.82, 2.24) is 9.97 Å². The summed E-state index contributed by atoms with van der Waals surface area (Å²) in [5.74, 6) is 1.08. The lowest BCUT2D eigenvalue weighted by Crippen LogP contribution is -1.97. The number of halogens is 2. The van der Waals surface area contributed by atoms with E-state index in [2.05, 4.69) is 9.97 Å². The number of hydrogen-bond acceptors (Lipinski definition) is 4. The Labute approximate surface area is 112 Å². The number of aromatic amines is 1. The molecule has 2 aromatic rings. The van der Waals surface area contributed by atoms with Gasteiger partial charge in [0.15, 0.2) is 10.5 Å². The molecule has 4 nitrogen and oxygen atoms in total. The van der Waals surface area contributed by atoms with Crippen LogP contribution in [0.25, 0.3) is 0 Å². The van der Waals surface area contributed by atoms with Crippen LogP contribution in [0.3, 0.4) is 0 Å². The van der Waals surface area contributed by atoms with E-state index in [-0.39, 0.29) is 10.6 Å². The summed E-state index contributed by atoms with van der Waals surface area (Å²) in [5.41, 5.74) is 5.69. The van der Waals surface area contributed by atoms with Crippen LogP contribution in [0.4, 0.5) is 5.82 Å². The summed E-state index contributed by atoms with van der Waals surface area (Å²) < 4.78 is 5.78. The van der Waals surface area contributed by atoms with Crippen molar-refractivity contribution < 1.29 is 4.74 Å². The van der Waals surface area contributed by atoms with Crippen LogP contribution >= 0.6 is 35.4 Å². The van der Waals surface area contributed by atoms with Gasteiger partial charge in [0.1, 0.15) is 11.6 Å². The molecule has 0 saturated carbocycles. The number of rotatable bonds is 2. The number of nitrogens with one attached hydrogen (secondary N) is 1. The number of H-pyrrole nitrogens is 1. The fourth-order valence-corrected chi connectivity index (χ4v) is 1.76. The molecule has 1 heterocycles. The van der Waals surface area contributed by atoms with Crippen LogP contribution < -0.4 is 10.5 Å². The lowest BCUT2D eigenvalue weighted by atomic mass is 10.3. The van der Waals surface area contributed by atoms with Crippen LogP contribution in [0.1, 0.15) is 0 Å². The van der Waals surface area contributed by atoms with Crippen molar-refractivity contribution in [3.63, 3.8) is 0 Å². The van der Waals surface area contributed by atoms with Crippen LogP contribution in [0.15, 0.2) is 24.4 Å². The Morgan fingerprint density at radius 1 is 1.29 bits per heavy atom. The second-order valence-electron chi connectivity index (χ2n) is 3.14. The highest BCUT2D eigenvalue weighted by atomic mass is 35.5. The molecular weight excluding hydrogens is 281 g/mol. The highest BCUT2D eigenvalue weighted by Gasteiger charge is 2.07. The summed E-state index contributed by atoms with van der Waals surface area (Å²) in [7, 11) is 0. The molecule has 17 heavy (non-hydrogen) atoms. The third-order valence-corrected chi connectivity index (χ3v) is 2.66. The number of nitrogens with zero attached hydrogens (tertiary/aromatic N) is 1. The van der Waals surface area contributed by atoms with E-state index in [4.69, 9.17) is 45.9 Å². The van der Waals surface area contributed by atoms with E-state index in [9.17, 15) is 0 Å². The number of anilines is 1. The summed E-state index contributed by atoms with van der Waals surface area (Å²) in [6.07, 6.45) is 1.43. The van der Waals surface area contributed by atoms with Crippen molar-refractivity contribution in [3.05, 3.63) is 39.2 Å². The van der Waals surface area contributed by atoms with Gasteiger partial charge in [0, 0.05) is 5.02 Å².